The van der Waals surface area contributed by atoms with E-state index in [1.807, 2.05) is 25.1 Å². The first-order valence-corrected chi connectivity index (χ1v) is 6.18. The molecule has 2 aromatic rings. The maximum absolute atomic E-state index is 12.0. The molecule has 1 aromatic carbocycles. The third-order valence-electron chi connectivity index (χ3n) is 2.67. The molecule has 4 nitrogen and oxygen atoms in total. The summed E-state index contributed by atoms with van der Waals surface area (Å²) in [6, 6.07) is 8.86. The van der Waals surface area contributed by atoms with Crippen LogP contribution in [0.4, 0.5) is 13.2 Å². The number of benzene rings is 1. The second kappa shape index (κ2) is 5.99. The highest BCUT2D eigenvalue weighted by molar-refractivity contribution is 5.85. The van der Waals surface area contributed by atoms with Gasteiger partial charge in [0, 0.05) is 11.1 Å². The number of pyridine rings is 1. The van der Waals surface area contributed by atoms with Crippen LogP contribution in [0.15, 0.2) is 30.3 Å². The van der Waals surface area contributed by atoms with Crippen molar-refractivity contribution < 1.29 is 22.7 Å². The van der Waals surface area contributed by atoms with Crippen molar-refractivity contribution in [3.63, 3.8) is 0 Å². The van der Waals surface area contributed by atoms with E-state index in [2.05, 4.69) is 4.98 Å². The predicted molar refractivity (Wildman–Crippen MR) is 71.0 cm³/mol. The molecule has 1 aromatic heterocycles. The van der Waals surface area contributed by atoms with Gasteiger partial charge in [-0.15, -0.1) is 0 Å². The van der Waals surface area contributed by atoms with Gasteiger partial charge in [0.25, 0.3) is 5.91 Å². The van der Waals surface area contributed by atoms with Gasteiger partial charge in [0.1, 0.15) is 17.8 Å². The third kappa shape index (κ3) is 4.34. The molecule has 21 heavy (non-hydrogen) atoms. The largest absolute Gasteiger partial charge is 0.481 e. The van der Waals surface area contributed by atoms with Crippen molar-refractivity contribution in [1.29, 1.82) is 0 Å². The van der Waals surface area contributed by atoms with Crippen LogP contribution < -0.4 is 10.1 Å². The predicted octanol–water partition coefficient (Wildman–Crippen LogP) is 2.60. The average Bonchev–Trinajstić information content (AvgIpc) is 2.42. The molecule has 0 bridgehead atoms. The number of halogens is 3. The fourth-order valence-electron chi connectivity index (χ4n) is 1.73. The van der Waals surface area contributed by atoms with Crippen molar-refractivity contribution in [1.82, 2.24) is 10.3 Å². The lowest BCUT2D eigenvalue weighted by atomic mass is 10.2. The fraction of sp³-hybridized carbons (Fsp3) is 0.286. The van der Waals surface area contributed by atoms with Crippen molar-refractivity contribution >= 4 is 16.8 Å². The second-order valence-electron chi connectivity index (χ2n) is 4.46. The monoisotopic (exact) mass is 298 g/mol. The van der Waals surface area contributed by atoms with Gasteiger partial charge in [0.15, 0.2) is 6.61 Å². The molecule has 0 aliphatic carbocycles. The fourth-order valence-corrected chi connectivity index (χ4v) is 1.73. The Bertz CT molecular complexity index is 656. The molecule has 0 spiro atoms. The SMILES string of the molecule is Cc1ccc2cccc(OCC(=O)NCC(F)(F)F)c2n1. The number of amides is 1. The van der Waals surface area contributed by atoms with Crippen LogP contribution in [0.1, 0.15) is 5.69 Å². The van der Waals surface area contributed by atoms with Crippen molar-refractivity contribution in [2.75, 3.05) is 13.2 Å². The summed E-state index contributed by atoms with van der Waals surface area (Å²) < 4.78 is 41.2. The molecular formula is C14H13F3N2O2. The number of nitrogens with one attached hydrogen (secondary N) is 1. The Balaban J connectivity index is 2.03. The number of hydrogen-bond acceptors (Lipinski definition) is 3. The molecule has 0 aliphatic heterocycles. The summed E-state index contributed by atoms with van der Waals surface area (Å²) in [6.45, 7) is -0.0564. The minimum atomic E-state index is -4.44. The van der Waals surface area contributed by atoms with E-state index in [0.29, 0.717) is 11.3 Å². The topological polar surface area (TPSA) is 51.2 Å². The van der Waals surface area contributed by atoms with Crippen LogP contribution in [0.3, 0.4) is 0 Å². The molecule has 1 N–H and O–H groups in total. The molecule has 7 heteroatoms. The Morgan fingerprint density at radius 3 is 2.76 bits per heavy atom. The van der Waals surface area contributed by atoms with E-state index in [1.54, 1.807) is 17.4 Å². The Hall–Kier alpha value is -2.31. The number of ether oxygens (including phenoxy) is 1. The number of aromatic nitrogens is 1. The van der Waals surface area contributed by atoms with Gasteiger partial charge in [-0.1, -0.05) is 18.2 Å². The van der Waals surface area contributed by atoms with Gasteiger partial charge in [-0.3, -0.25) is 4.79 Å². The molecule has 0 aliphatic rings. The van der Waals surface area contributed by atoms with E-state index in [4.69, 9.17) is 4.74 Å². The summed E-state index contributed by atoms with van der Waals surface area (Å²) in [5, 5.41) is 2.57. The van der Waals surface area contributed by atoms with Crippen molar-refractivity contribution in [3.05, 3.63) is 36.0 Å². The number of alkyl halides is 3. The summed E-state index contributed by atoms with van der Waals surface area (Å²) in [4.78, 5) is 15.6. The molecule has 0 fully saturated rings. The highest BCUT2D eigenvalue weighted by Gasteiger charge is 2.27. The molecule has 0 saturated carbocycles. The van der Waals surface area contributed by atoms with Crippen LogP contribution in [0.5, 0.6) is 5.75 Å². The zero-order valence-electron chi connectivity index (χ0n) is 11.2. The van der Waals surface area contributed by atoms with Gasteiger partial charge in [0.05, 0.1) is 0 Å². The first-order valence-electron chi connectivity index (χ1n) is 6.18. The maximum atomic E-state index is 12.0. The van der Waals surface area contributed by atoms with Crippen LogP contribution in [0, 0.1) is 6.92 Å². The van der Waals surface area contributed by atoms with Crippen molar-refractivity contribution in [2.45, 2.75) is 13.1 Å². The number of rotatable bonds is 4. The first-order chi connectivity index (χ1) is 9.85. The number of carbonyl (C=O) groups excluding carboxylic acids is 1. The molecule has 1 amide bonds. The average molecular weight is 298 g/mol. The summed E-state index contributed by atoms with van der Waals surface area (Å²) in [5.41, 5.74) is 1.35. The summed E-state index contributed by atoms with van der Waals surface area (Å²) >= 11 is 0. The second-order valence-corrected chi connectivity index (χ2v) is 4.46. The molecule has 112 valence electrons. The number of fused-ring (bicyclic) bond motifs is 1. The zero-order chi connectivity index (χ0) is 15.5. The van der Waals surface area contributed by atoms with Gasteiger partial charge in [-0.05, 0) is 19.1 Å². The van der Waals surface area contributed by atoms with Crippen LogP contribution in [-0.2, 0) is 4.79 Å². The number of para-hydroxylation sites is 1. The lowest BCUT2D eigenvalue weighted by Gasteiger charge is -2.10. The summed E-state index contributed by atoms with van der Waals surface area (Å²) in [5.74, 6) is -0.477. The Morgan fingerprint density at radius 1 is 1.29 bits per heavy atom. The normalized spacial score (nSPS) is 11.4. The van der Waals surface area contributed by atoms with E-state index in [-0.39, 0.29) is 0 Å². The molecule has 0 radical (unpaired) electrons. The van der Waals surface area contributed by atoms with Crippen molar-refractivity contribution in [3.8, 4) is 5.75 Å². The number of nitrogens with zero attached hydrogens (tertiary/aromatic N) is 1. The first kappa shape index (κ1) is 15.1. The highest BCUT2D eigenvalue weighted by Crippen LogP contribution is 2.23. The van der Waals surface area contributed by atoms with E-state index in [1.165, 1.54) is 0 Å². The summed E-state index contributed by atoms with van der Waals surface area (Å²) in [6.07, 6.45) is -4.44. The minimum absolute atomic E-state index is 0.360. The molecule has 0 saturated heterocycles. The molecule has 1 heterocycles. The van der Waals surface area contributed by atoms with Crippen molar-refractivity contribution in [2.24, 2.45) is 0 Å². The lowest BCUT2D eigenvalue weighted by molar-refractivity contribution is -0.139. The van der Waals surface area contributed by atoms with E-state index in [9.17, 15) is 18.0 Å². The van der Waals surface area contributed by atoms with Gasteiger partial charge >= 0.3 is 6.18 Å². The number of aryl methyl sites for hydroxylation is 1. The van der Waals surface area contributed by atoms with Crippen LogP contribution >= 0.6 is 0 Å². The number of hydrogen-bond donors (Lipinski definition) is 1. The van der Waals surface area contributed by atoms with Crippen LogP contribution in [-0.4, -0.2) is 30.2 Å². The van der Waals surface area contributed by atoms with Gasteiger partial charge in [-0.2, -0.15) is 13.2 Å². The molecular weight excluding hydrogens is 285 g/mol. The molecule has 2 rings (SSSR count). The molecule has 0 atom stereocenters. The van der Waals surface area contributed by atoms with Gasteiger partial charge in [0.2, 0.25) is 0 Å². The minimum Gasteiger partial charge on any atom is -0.481 e. The number of carbonyl (C=O) groups is 1. The van der Waals surface area contributed by atoms with Gasteiger partial charge in [-0.25, -0.2) is 4.98 Å². The zero-order valence-corrected chi connectivity index (χ0v) is 11.2. The van der Waals surface area contributed by atoms with E-state index in [0.717, 1.165) is 11.1 Å². The van der Waals surface area contributed by atoms with Crippen LogP contribution in [0.25, 0.3) is 10.9 Å². The smallest absolute Gasteiger partial charge is 0.405 e. The summed E-state index contributed by atoms with van der Waals surface area (Å²) in [7, 11) is 0. The third-order valence-corrected chi connectivity index (χ3v) is 2.67. The quantitative estimate of drug-likeness (QED) is 0.944. The highest BCUT2D eigenvalue weighted by atomic mass is 19.4. The Morgan fingerprint density at radius 2 is 2.05 bits per heavy atom. The van der Waals surface area contributed by atoms with Crippen LogP contribution in [0.2, 0.25) is 0 Å². The maximum Gasteiger partial charge on any atom is 0.405 e. The Kier molecular flexibility index (Phi) is 4.30. The Labute approximate surface area is 118 Å². The van der Waals surface area contributed by atoms with E-state index < -0.39 is 25.2 Å². The lowest BCUT2D eigenvalue weighted by Crippen LogP contribution is -2.36. The standard InChI is InChI=1S/C14H13F3N2O2/c1-9-5-6-10-3-2-4-11(13(10)19-9)21-7-12(20)18-8-14(15,16)17/h2-6H,7-8H2,1H3,(H,18,20). The van der Waals surface area contributed by atoms with E-state index >= 15 is 0 Å². The van der Waals surface area contributed by atoms with Gasteiger partial charge < -0.3 is 10.1 Å². The molecule has 0 unspecified atom stereocenters.